The normalized spacial score (nSPS) is 19.0. The number of Topliss-reactive ketones (excluding diaryl/α,β-unsaturated/α-hetero) is 1. The first-order valence-electron chi connectivity index (χ1n) is 5.75. The van der Waals surface area contributed by atoms with Gasteiger partial charge >= 0.3 is 6.18 Å². The monoisotopic (exact) mass is 253 g/mol. The summed E-state index contributed by atoms with van der Waals surface area (Å²) in [5, 5.41) is 0. The maximum atomic E-state index is 11.8. The van der Waals surface area contributed by atoms with E-state index in [4.69, 9.17) is 0 Å². The molecule has 1 aliphatic rings. The van der Waals surface area contributed by atoms with Gasteiger partial charge in [-0.05, 0) is 19.9 Å². The van der Waals surface area contributed by atoms with Crippen LogP contribution in [0.4, 0.5) is 13.2 Å². The second kappa shape index (κ2) is 6.35. The Kier molecular flexibility index (Phi) is 5.39. The van der Waals surface area contributed by atoms with Gasteiger partial charge < -0.3 is 9.64 Å². The van der Waals surface area contributed by atoms with Crippen molar-refractivity contribution < 1.29 is 22.7 Å². The van der Waals surface area contributed by atoms with Gasteiger partial charge in [0, 0.05) is 25.4 Å². The van der Waals surface area contributed by atoms with E-state index in [2.05, 4.69) is 4.74 Å². The molecule has 6 heteroatoms. The van der Waals surface area contributed by atoms with E-state index >= 15 is 0 Å². The summed E-state index contributed by atoms with van der Waals surface area (Å²) in [6, 6.07) is 0.294. The molecular formula is C11H18F3NO2. The Balaban J connectivity index is 2.12. The van der Waals surface area contributed by atoms with Crippen LogP contribution in [0.5, 0.6) is 0 Å². The van der Waals surface area contributed by atoms with Crippen molar-refractivity contribution in [2.75, 3.05) is 26.8 Å². The Bertz CT molecular complexity index is 246. The summed E-state index contributed by atoms with van der Waals surface area (Å²) < 4.78 is 40.0. The molecule has 0 aromatic carbocycles. The number of carbonyl (C=O) groups is 1. The van der Waals surface area contributed by atoms with Crippen LogP contribution in [0.3, 0.4) is 0 Å². The minimum Gasteiger partial charge on any atom is -0.371 e. The predicted molar refractivity (Wildman–Crippen MR) is 56.8 cm³/mol. The minimum atomic E-state index is -4.25. The molecule has 0 unspecified atom stereocenters. The zero-order valence-corrected chi connectivity index (χ0v) is 9.92. The Hall–Kier alpha value is -0.620. The highest BCUT2D eigenvalue weighted by molar-refractivity contribution is 5.79. The number of ether oxygens (including phenoxy) is 1. The Morgan fingerprint density at radius 1 is 1.35 bits per heavy atom. The summed E-state index contributed by atoms with van der Waals surface area (Å²) >= 11 is 0. The van der Waals surface area contributed by atoms with Gasteiger partial charge in [-0.2, -0.15) is 13.2 Å². The first kappa shape index (κ1) is 14.4. The molecule has 1 fully saturated rings. The number of carbonyl (C=O) groups excluding carboxylic acids is 1. The molecule has 0 aliphatic heterocycles. The number of hydrogen-bond acceptors (Lipinski definition) is 3. The first-order chi connectivity index (χ1) is 7.88. The number of ketones is 1. The number of alkyl halides is 3. The Labute approximate surface area is 98.9 Å². The number of halogens is 3. The maximum absolute atomic E-state index is 11.8. The molecule has 0 aromatic rings. The summed E-state index contributed by atoms with van der Waals surface area (Å²) in [5.74, 6) is 0.281. The van der Waals surface area contributed by atoms with Gasteiger partial charge in [0.05, 0.1) is 6.61 Å². The minimum absolute atomic E-state index is 0.0699. The third-order valence-electron chi connectivity index (χ3n) is 2.99. The van der Waals surface area contributed by atoms with Crippen LogP contribution in [-0.2, 0) is 9.53 Å². The zero-order chi connectivity index (χ0) is 12.9. The lowest BCUT2D eigenvalue weighted by Crippen LogP contribution is -2.37. The van der Waals surface area contributed by atoms with Crippen LogP contribution in [-0.4, -0.2) is 49.7 Å². The van der Waals surface area contributed by atoms with Crippen molar-refractivity contribution in [1.82, 2.24) is 4.90 Å². The van der Waals surface area contributed by atoms with Gasteiger partial charge in [-0.1, -0.05) is 0 Å². The third kappa shape index (κ3) is 6.02. The fraction of sp³-hybridized carbons (Fsp3) is 0.909. The lowest BCUT2D eigenvalue weighted by atomic mass is 9.93. The SMILES string of the molecule is CN(CCOCC(F)(F)F)C1CCC(=O)CC1. The summed E-state index contributed by atoms with van der Waals surface area (Å²) in [5.41, 5.74) is 0. The highest BCUT2D eigenvalue weighted by Crippen LogP contribution is 2.19. The summed E-state index contributed by atoms with van der Waals surface area (Å²) in [6.07, 6.45) is -1.49. The second-order valence-electron chi connectivity index (χ2n) is 4.42. The van der Waals surface area contributed by atoms with E-state index in [0.29, 0.717) is 25.4 Å². The van der Waals surface area contributed by atoms with Crippen molar-refractivity contribution in [2.24, 2.45) is 0 Å². The number of nitrogens with zero attached hydrogens (tertiary/aromatic N) is 1. The maximum Gasteiger partial charge on any atom is 0.411 e. The van der Waals surface area contributed by atoms with E-state index < -0.39 is 12.8 Å². The average molecular weight is 253 g/mol. The van der Waals surface area contributed by atoms with Crippen molar-refractivity contribution in [2.45, 2.75) is 37.9 Å². The summed E-state index contributed by atoms with van der Waals surface area (Å²) in [4.78, 5) is 13.0. The zero-order valence-electron chi connectivity index (χ0n) is 9.92. The largest absolute Gasteiger partial charge is 0.411 e. The highest BCUT2D eigenvalue weighted by atomic mass is 19.4. The Morgan fingerprint density at radius 2 is 1.94 bits per heavy atom. The molecule has 1 saturated carbocycles. The molecule has 17 heavy (non-hydrogen) atoms. The van der Waals surface area contributed by atoms with E-state index in [1.54, 1.807) is 0 Å². The van der Waals surface area contributed by atoms with Crippen LogP contribution in [0.1, 0.15) is 25.7 Å². The van der Waals surface area contributed by atoms with E-state index in [1.165, 1.54) is 0 Å². The van der Waals surface area contributed by atoms with Crippen molar-refractivity contribution in [3.8, 4) is 0 Å². The molecule has 1 rings (SSSR count). The molecule has 0 heterocycles. The standard InChI is InChI=1S/C11H18F3NO2/c1-15(6-7-17-8-11(12,13)14)9-2-4-10(16)5-3-9/h9H,2-8H2,1H3. The molecule has 0 saturated heterocycles. The molecule has 0 spiro atoms. The lowest BCUT2D eigenvalue weighted by Gasteiger charge is -2.30. The number of hydrogen-bond donors (Lipinski definition) is 0. The predicted octanol–water partition coefficient (Wildman–Crippen LogP) is 2.01. The summed E-state index contributed by atoms with van der Waals surface area (Å²) in [7, 11) is 1.86. The van der Waals surface area contributed by atoms with Crippen LogP contribution < -0.4 is 0 Å². The van der Waals surface area contributed by atoms with Crippen molar-refractivity contribution in [1.29, 1.82) is 0 Å². The smallest absolute Gasteiger partial charge is 0.371 e. The highest BCUT2D eigenvalue weighted by Gasteiger charge is 2.27. The van der Waals surface area contributed by atoms with Gasteiger partial charge in [-0.15, -0.1) is 0 Å². The van der Waals surface area contributed by atoms with Gasteiger partial charge in [0.25, 0.3) is 0 Å². The van der Waals surface area contributed by atoms with Gasteiger partial charge in [0.1, 0.15) is 12.4 Å². The molecule has 0 radical (unpaired) electrons. The van der Waals surface area contributed by atoms with Gasteiger partial charge in [-0.3, -0.25) is 4.79 Å². The van der Waals surface area contributed by atoms with Gasteiger partial charge in [0.2, 0.25) is 0 Å². The molecule has 0 atom stereocenters. The fourth-order valence-electron chi connectivity index (χ4n) is 1.94. The van der Waals surface area contributed by atoms with E-state index in [-0.39, 0.29) is 12.4 Å². The van der Waals surface area contributed by atoms with Gasteiger partial charge in [-0.25, -0.2) is 0 Å². The topological polar surface area (TPSA) is 29.5 Å². The molecule has 100 valence electrons. The van der Waals surface area contributed by atoms with Crippen LogP contribution in [0.2, 0.25) is 0 Å². The fourth-order valence-corrected chi connectivity index (χ4v) is 1.94. The van der Waals surface area contributed by atoms with Crippen molar-refractivity contribution >= 4 is 5.78 Å². The van der Waals surface area contributed by atoms with E-state index in [9.17, 15) is 18.0 Å². The molecular weight excluding hydrogens is 235 g/mol. The first-order valence-corrected chi connectivity index (χ1v) is 5.75. The molecule has 3 nitrogen and oxygen atoms in total. The quantitative estimate of drug-likeness (QED) is 0.702. The molecule has 1 aliphatic carbocycles. The van der Waals surface area contributed by atoms with Crippen LogP contribution >= 0.6 is 0 Å². The molecule has 0 bridgehead atoms. The van der Waals surface area contributed by atoms with Gasteiger partial charge in [0.15, 0.2) is 0 Å². The second-order valence-corrected chi connectivity index (χ2v) is 4.42. The van der Waals surface area contributed by atoms with Crippen LogP contribution in [0.15, 0.2) is 0 Å². The van der Waals surface area contributed by atoms with Crippen LogP contribution in [0, 0.1) is 0 Å². The van der Waals surface area contributed by atoms with Crippen molar-refractivity contribution in [3.63, 3.8) is 0 Å². The van der Waals surface area contributed by atoms with Crippen LogP contribution in [0.25, 0.3) is 0 Å². The molecule has 0 aromatic heterocycles. The number of likely N-dealkylation sites (N-methyl/N-ethyl adjacent to an activating group) is 1. The lowest BCUT2D eigenvalue weighted by molar-refractivity contribution is -0.174. The number of rotatable bonds is 5. The Morgan fingerprint density at radius 3 is 2.47 bits per heavy atom. The van der Waals surface area contributed by atoms with E-state index in [1.807, 2.05) is 11.9 Å². The van der Waals surface area contributed by atoms with Crippen molar-refractivity contribution in [3.05, 3.63) is 0 Å². The molecule has 0 amide bonds. The van der Waals surface area contributed by atoms with E-state index in [0.717, 1.165) is 12.8 Å². The average Bonchev–Trinajstić information content (AvgIpc) is 2.24. The third-order valence-corrected chi connectivity index (χ3v) is 2.99. The summed E-state index contributed by atoms with van der Waals surface area (Å²) in [6.45, 7) is -0.653. The molecule has 0 N–H and O–H groups in total.